The van der Waals surface area contributed by atoms with Crippen LogP contribution in [0.15, 0.2) is 53.5 Å². The van der Waals surface area contributed by atoms with Crippen LogP contribution in [0, 0.1) is 0 Å². The molecule has 0 saturated carbocycles. The summed E-state index contributed by atoms with van der Waals surface area (Å²) in [5.74, 6) is 0.798. The quantitative estimate of drug-likeness (QED) is 0.624. The van der Waals surface area contributed by atoms with E-state index in [1.54, 1.807) is 7.05 Å². The third kappa shape index (κ3) is 5.78. The molecule has 0 spiro atoms. The van der Waals surface area contributed by atoms with E-state index in [0.29, 0.717) is 0 Å². The summed E-state index contributed by atoms with van der Waals surface area (Å²) in [6, 6.07) is 16.4. The molecule has 0 aliphatic carbocycles. The van der Waals surface area contributed by atoms with Crippen LogP contribution < -0.4 is 15.5 Å². The summed E-state index contributed by atoms with van der Waals surface area (Å²) in [5, 5.41) is 7.45. The second-order valence-electron chi connectivity index (χ2n) is 5.80. The molecule has 0 atom stereocenters. The molecule has 0 bridgehead atoms. The predicted molar refractivity (Wildman–Crippen MR) is 104 cm³/mol. The highest BCUT2D eigenvalue weighted by molar-refractivity contribution is 6.30. The van der Waals surface area contributed by atoms with E-state index in [1.807, 2.05) is 32.3 Å². The van der Waals surface area contributed by atoms with Crippen molar-refractivity contribution in [2.24, 2.45) is 4.99 Å². The molecule has 0 unspecified atom stereocenters. The van der Waals surface area contributed by atoms with Crippen LogP contribution in [-0.4, -0.2) is 33.6 Å². The van der Waals surface area contributed by atoms with E-state index in [0.717, 1.165) is 30.5 Å². The first-order valence-corrected chi connectivity index (χ1v) is 8.41. The minimum absolute atomic E-state index is 0.735. The largest absolute Gasteiger partial charge is 0.378 e. The van der Waals surface area contributed by atoms with E-state index in [2.05, 4.69) is 50.9 Å². The second kappa shape index (κ2) is 9.18. The molecule has 4 nitrogen and oxygen atoms in total. The van der Waals surface area contributed by atoms with Crippen LogP contribution >= 0.6 is 11.6 Å². The van der Waals surface area contributed by atoms with Crippen molar-refractivity contribution in [2.45, 2.75) is 13.0 Å². The van der Waals surface area contributed by atoms with E-state index in [-0.39, 0.29) is 0 Å². The van der Waals surface area contributed by atoms with Gasteiger partial charge in [0.25, 0.3) is 0 Å². The topological polar surface area (TPSA) is 39.7 Å². The number of guanidine groups is 1. The molecule has 0 aliphatic rings. The van der Waals surface area contributed by atoms with Crippen LogP contribution in [0.25, 0.3) is 0 Å². The van der Waals surface area contributed by atoms with Crippen molar-refractivity contribution in [3.05, 3.63) is 64.7 Å². The van der Waals surface area contributed by atoms with Gasteiger partial charge in [0.2, 0.25) is 0 Å². The van der Waals surface area contributed by atoms with E-state index in [1.165, 1.54) is 16.8 Å². The Morgan fingerprint density at radius 3 is 2.50 bits per heavy atom. The predicted octanol–water partition coefficient (Wildman–Crippen LogP) is 3.31. The molecule has 2 rings (SSSR count). The van der Waals surface area contributed by atoms with Crippen molar-refractivity contribution >= 4 is 23.2 Å². The van der Waals surface area contributed by atoms with Crippen molar-refractivity contribution in [1.29, 1.82) is 0 Å². The molecule has 2 aromatic carbocycles. The van der Waals surface area contributed by atoms with Gasteiger partial charge in [0.05, 0.1) is 0 Å². The Bertz CT molecular complexity index is 683. The summed E-state index contributed by atoms with van der Waals surface area (Å²) >= 11 is 6.01. The van der Waals surface area contributed by atoms with E-state index in [4.69, 9.17) is 11.6 Å². The van der Waals surface area contributed by atoms with Crippen LogP contribution in [-0.2, 0) is 13.0 Å². The molecule has 5 heteroatoms. The molecular weight excluding hydrogens is 320 g/mol. The van der Waals surface area contributed by atoms with Gasteiger partial charge in [0.1, 0.15) is 0 Å². The molecule has 2 aromatic rings. The monoisotopic (exact) mass is 344 g/mol. The Kier molecular flexibility index (Phi) is 6.94. The zero-order valence-electron chi connectivity index (χ0n) is 14.5. The van der Waals surface area contributed by atoms with Gasteiger partial charge in [-0.05, 0) is 41.8 Å². The maximum absolute atomic E-state index is 6.01. The third-order valence-corrected chi connectivity index (χ3v) is 3.94. The summed E-state index contributed by atoms with van der Waals surface area (Å²) < 4.78 is 0. The minimum Gasteiger partial charge on any atom is -0.378 e. The van der Waals surface area contributed by atoms with Crippen LogP contribution in [0.3, 0.4) is 0 Å². The van der Waals surface area contributed by atoms with Gasteiger partial charge in [-0.1, -0.05) is 35.9 Å². The van der Waals surface area contributed by atoms with Crippen molar-refractivity contribution in [3.63, 3.8) is 0 Å². The molecule has 0 fully saturated rings. The maximum Gasteiger partial charge on any atom is 0.191 e. The fourth-order valence-corrected chi connectivity index (χ4v) is 2.58. The lowest BCUT2D eigenvalue weighted by molar-refractivity contribution is 0.794. The van der Waals surface area contributed by atoms with Gasteiger partial charge in [-0.25, -0.2) is 0 Å². The van der Waals surface area contributed by atoms with Gasteiger partial charge < -0.3 is 15.5 Å². The number of nitrogens with one attached hydrogen (secondary N) is 2. The van der Waals surface area contributed by atoms with Crippen LogP contribution in [0.4, 0.5) is 5.69 Å². The first-order chi connectivity index (χ1) is 11.6. The number of benzene rings is 2. The van der Waals surface area contributed by atoms with Crippen molar-refractivity contribution in [3.8, 4) is 0 Å². The number of hydrogen-bond donors (Lipinski definition) is 2. The zero-order chi connectivity index (χ0) is 17.4. The molecule has 24 heavy (non-hydrogen) atoms. The minimum atomic E-state index is 0.735. The number of aliphatic imine (C=N–C) groups is 1. The van der Waals surface area contributed by atoms with Crippen LogP contribution in [0.1, 0.15) is 11.1 Å². The summed E-state index contributed by atoms with van der Waals surface area (Å²) in [6.07, 6.45) is 0.900. The summed E-state index contributed by atoms with van der Waals surface area (Å²) in [7, 11) is 5.87. The zero-order valence-corrected chi connectivity index (χ0v) is 15.3. The summed E-state index contributed by atoms with van der Waals surface area (Å²) in [4.78, 5) is 6.37. The Balaban J connectivity index is 1.81. The van der Waals surface area contributed by atoms with Gasteiger partial charge >= 0.3 is 0 Å². The third-order valence-electron chi connectivity index (χ3n) is 3.71. The molecule has 2 N–H and O–H groups in total. The molecule has 0 saturated heterocycles. The van der Waals surface area contributed by atoms with Crippen LogP contribution in [0.5, 0.6) is 0 Å². The van der Waals surface area contributed by atoms with Gasteiger partial charge in [-0.3, -0.25) is 4.99 Å². The highest BCUT2D eigenvalue weighted by Crippen LogP contribution is 2.13. The Labute approximate surface area is 149 Å². The number of nitrogens with zero attached hydrogens (tertiary/aromatic N) is 2. The number of rotatable bonds is 6. The molecular formula is C19H25ClN4. The molecule has 128 valence electrons. The average Bonchev–Trinajstić information content (AvgIpc) is 2.58. The summed E-state index contributed by atoms with van der Waals surface area (Å²) in [6.45, 7) is 1.54. The van der Waals surface area contributed by atoms with Crippen molar-refractivity contribution < 1.29 is 0 Å². The Hall–Kier alpha value is -2.20. The number of anilines is 1. The van der Waals surface area contributed by atoms with E-state index < -0.39 is 0 Å². The van der Waals surface area contributed by atoms with Gasteiger partial charge in [0.15, 0.2) is 5.96 Å². The molecule has 0 heterocycles. The van der Waals surface area contributed by atoms with Crippen molar-refractivity contribution in [2.75, 3.05) is 32.6 Å². The standard InChI is InChI=1S/C19H25ClN4/c1-21-19(22-11-10-15-6-4-8-17(20)12-15)23-14-16-7-5-9-18(13-16)24(2)3/h4-9,12-13H,10-11,14H2,1-3H3,(H2,21,22,23). The fourth-order valence-electron chi connectivity index (χ4n) is 2.37. The SMILES string of the molecule is CN=C(NCCc1cccc(Cl)c1)NCc1cccc(N(C)C)c1. The van der Waals surface area contributed by atoms with E-state index >= 15 is 0 Å². The van der Waals surface area contributed by atoms with Gasteiger partial charge in [-0.2, -0.15) is 0 Å². The lowest BCUT2D eigenvalue weighted by Crippen LogP contribution is -2.37. The highest BCUT2D eigenvalue weighted by Gasteiger charge is 2.01. The first-order valence-electron chi connectivity index (χ1n) is 8.03. The second-order valence-corrected chi connectivity index (χ2v) is 6.23. The maximum atomic E-state index is 6.01. The first kappa shape index (κ1) is 18.1. The number of halogens is 1. The molecule has 0 aromatic heterocycles. The molecule has 0 radical (unpaired) electrons. The van der Waals surface area contributed by atoms with Crippen molar-refractivity contribution in [1.82, 2.24) is 10.6 Å². The van der Waals surface area contributed by atoms with Gasteiger partial charge in [-0.15, -0.1) is 0 Å². The molecule has 0 amide bonds. The lowest BCUT2D eigenvalue weighted by atomic mass is 10.1. The normalized spacial score (nSPS) is 11.2. The molecule has 0 aliphatic heterocycles. The number of hydrogen-bond acceptors (Lipinski definition) is 2. The lowest BCUT2D eigenvalue weighted by Gasteiger charge is -2.15. The average molecular weight is 345 g/mol. The highest BCUT2D eigenvalue weighted by atomic mass is 35.5. The smallest absolute Gasteiger partial charge is 0.191 e. The summed E-state index contributed by atoms with van der Waals surface area (Å²) in [5.41, 5.74) is 3.63. The Morgan fingerprint density at radius 1 is 1.04 bits per heavy atom. The van der Waals surface area contributed by atoms with Crippen LogP contribution in [0.2, 0.25) is 5.02 Å². The van der Waals surface area contributed by atoms with E-state index in [9.17, 15) is 0 Å². The fraction of sp³-hybridized carbons (Fsp3) is 0.316. The Morgan fingerprint density at radius 2 is 1.79 bits per heavy atom. The van der Waals surface area contributed by atoms with Gasteiger partial charge in [0, 0.05) is 44.9 Å².